The van der Waals surface area contributed by atoms with E-state index in [4.69, 9.17) is 5.26 Å². The van der Waals surface area contributed by atoms with Gasteiger partial charge in [0, 0.05) is 23.6 Å². The molecule has 2 rings (SSSR count). The van der Waals surface area contributed by atoms with Gasteiger partial charge in [0.05, 0.1) is 6.07 Å². The molecule has 2 fully saturated rings. The first-order chi connectivity index (χ1) is 6.55. The first-order valence-electron chi connectivity index (χ1n) is 4.57. The van der Waals surface area contributed by atoms with Gasteiger partial charge in [0.2, 0.25) is 10.0 Å². The van der Waals surface area contributed by atoms with Crippen molar-refractivity contribution in [1.82, 2.24) is 4.31 Å². The summed E-state index contributed by atoms with van der Waals surface area (Å²) in [7, 11) is -3.36. The van der Waals surface area contributed by atoms with E-state index in [1.807, 2.05) is 11.8 Å². The molecule has 3 unspecified atom stereocenters. The van der Waals surface area contributed by atoms with E-state index in [0.29, 0.717) is 11.8 Å². The third kappa shape index (κ3) is 1.44. The van der Waals surface area contributed by atoms with Gasteiger partial charge in [-0.1, -0.05) is 0 Å². The highest BCUT2D eigenvalue weighted by Gasteiger charge is 2.45. The fourth-order valence-corrected chi connectivity index (χ4v) is 5.07. The van der Waals surface area contributed by atoms with Crippen LogP contribution in [0.25, 0.3) is 0 Å². The second-order valence-electron chi connectivity index (χ2n) is 3.73. The fraction of sp³-hybridized carbons (Fsp3) is 0.875. The first-order valence-corrected chi connectivity index (χ1v) is 7.13. The summed E-state index contributed by atoms with van der Waals surface area (Å²) < 4.78 is 25.2. The second kappa shape index (κ2) is 3.40. The van der Waals surface area contributed by atoms with E-state index < -0.39 is 15.3 Å². The molecule has 0 N–H and O–H groups in total. The molecular weight excluding hydrogens is 220 g/mol. The maximum Gasteiger partial charge on any atom is 0.230 e. The van der Waals surface area contributed by atoms with Crippen molar-refractivity contribution < 1.29 is 8.42 Å². The monoisotopic (exact) mass is 232 g/mol. The topological polar surface area (TPSA) is 61.2 Å². The summed E-state index contributed by atoms with van der Waals surface area (Å²) in [4.78, 5) is 0. The van der Waals surface area contributed by atoms with Crippen LogP contribution in [0.15, 0.2) is 0 Å². The zero-order valence-corrected chi connectivity index (χ0v) is 9.51. The minimum Gasteiger partial charge on any atom is -0.211 e. The number of rotatable bonds is 2. The predicted molar refractivity (Wildman–Crippen MR) is 55.4 cm³/mol. The Labute approximate surface area is 88.3 Å². The maximum atomic E-state index is 11.8. The molecule has 0 aliphatic carbocycles. The van der Waals surface area contributed by atoms with Crippen LogP contribution in [0.1, 0.15) is 13.3 Å². The van der Waals surface area contributed by atoms with Gasteiger partial charge in [0.25, 0.3) is 0 Å². The normalized spacial score (nSPS) is 34.3. The Morgan fingerprint density at radius 3 is 2.79 bits per heavy atom. The summed E-state index contributed by atoms with van der Waals surface area (Å²) in [5.74, 6) is 0.891. The average Bonchev–Trinajstić information content (AvgIpc) is 2.77. The minimum atomic E-state index is -3.36. The highest BCUT2D eigenvalue weighted by Crippen LogP contribution is 2.39. The summed E-state index contributed by atoms with van der Waals surface area (Å²) in [5, 5.41) is 8.19. The summed E-state index contributed by atoms with van der Waals surface area (Å²) >= 11 is 1.84. The van der Waals surface area contributed by atoms with E-state index in [1.165, 1.54) is 11.2 Å². The third-order valence-corrected chi connectivity index (χ3v) is 6.30. The van der Waals surface area contributed by atoms with Gasteiger partial charge in [-0.2, -0.15) is 21.3 Å². The van der Waals surface area contributed by atoms with Gasteiger partial charge in [0.1, 0.15) is 0 Å². The Morgan fingerprint density at radius 1 is 1.64 bits per heavy atom. The highest BCUT2D eigenvalue weighted by molar-refractivity contribution is 8.00. The van der Waals surface area contributed by atoms with E-state index in [-0.39, 0.29) is 6.04 Å². The molecule has 4 nitrogen and oxygen atoms in total. The van der Waals surface area contributed by atoms with E-state index in [9.17, 15) is 8.42 Å². The number of sulfonamides is 1. The van der Waals surface area contributed by atoms with Crippen LogP contribution in [-0.2, 0) is 10.0 Å². The summed E-state index contributed by atoms with van der Waals surface area (Å²) in [6.45, 7) is 2.05. The van der Waals surface area contributed by atoms with Crippen LogP contribution >= 0.6 is 11.8 Å². The molecule has 2 aliphatic rings. The molecule has 2 saturated heterocycles. The van der Waals surface area contributed by atoms with Gasteiger partial charge in [-0.05, 0) is 13.3 Å². The molecule has 0 radical (unpaired) electrons. The zero-order valence-electron chi connectivity index (χ0n) is 7.88. The van der Waals surface area contributed by atoms with Gasteiger partial charge < -0.3 is 0 Å². The average molecular weight is 232 g/mol. The van der Waals surface area contributed by atoms with E-state index in [0.717, 1.165) is 12.2 Å². The van der Waals surface area contributed by atoms with Crippen molar-refractivity contribution in [3.8, 4) is 6.07 Å². The molecule has 2 aliphatic heterocycles. The summed E-state index contributed by atoms with van der Waals surface area (Å²) in [6, 6.07) is 1.95. The molecular formula is C8H12N2O2S2. The van der Waals surface area contributed by atoms with Gasteiger partial charge >= 0.3 is 0 Å². The van der Waals surface area contributed by atoms with Crippen molar-refractivity contribution in [2.24, 2.45) is 0 Å². The lowest BCUT2D eigenvalue weighted by Crippen LogP contribution is -2.43. The first kappa shape index (κ1) is 10.3. The molecule has 2 bridgehead atoms. The number of hydrogen-bond acceptors (Lipinski definition) is 4. The molecule has 0 spiro atoms. The van der Waals surface area contributed by atoms with E-state index in [2.05, 4.69) is 0 Å². The number of fused-ring (bicyclic) bond motifs is 2. The second-order valence-corrected chi connectivity index (χ2v) is 7.27. The third-order valence-electron chi connectivity index (χ3n) is 2.81. The van der Waals surface area contributed by atoms with Crippen molar-refractivity contribution >= 4 is 21.8 Å². The molecule has 0 amide bonds. The van der Waals surface area contributed by atoms with Crippen LogP contribution in [-0.4, -0.2) is 41.6 Å². The van der Waals surface area contributed by atoms with Crippen molar-refractivity contribution in [3.05, 3.63) is 0 Å². The van der Waals surface area contributed by atoms with Gasteiger partial charge in [0.15, 0.2) is 5.25 Å². The van der Waals surface area contributed by atoms with E-state index >= 15 is 0 Å². The lowest BCUT2D eigenvalue weighted by Gasteiger charge is -2.26. The molecule has 78 valence electrons. The highest BCUT2D eigenvalue weighted by atomic mass is 32.2. The number of hydrogen-bond donors (Lipinski definition) is 0. The summed E-state index contributed by atoms with van der Waals surface area (Å²) in [5.41, 5.74) is 0. The number of nitrogens with zero attached hydrogens (tertiary/aromatic N) is 2. The molecule has 3 atom stereocenters. The molecule has 0 aromatic rings. The van der Waals surface area contributed by atoms with Gasteiger partial charge in [-0.15, -0.1) is 0 Å². The molecule has 0 saturated carbocycles. The largest absolute Gasteiger partial charge is 0.230 e. The Hall–Kier alpha value is -0.250. The lowest BCUT2D eigenvalue weighted by atomic mass is 10.3. The maximum absolute atomic E-state index is 11.8. The van der Waals surface area contributed by atoms with Gasteiger partial charge in [-0.3, -0.25) is 0 Å². The van der Waals surface area contributed by atoms with Crippen molar-refractivity contribution in [2.45, 2.75) is 29.9 Å². The Morgan fingerprint density at radius 2 is 2.36 bits per heavy atom. The SMILES string of the molecule is CC(C#N)S(=O)(=O)N1CC2CC1CS2. The molecule has 0 aromatic carbocycles. The Bertz CT molecular complexity index is 373. The van der Waals surface area contributed by atoms with Crippen molar-refractivity contribution in [2.75, 3.05) is 12.3 Å². The number of thioether (sulfide) groups is 1. The van der Waals surface area contributed by atoms with Crippen molar-refractivity contribution in [3.63, 3.8) is 0 Å². The Balaban J connectivity index is 2.21. The molecule has 6 heteroatoms. The van der Waals surface area contributed by atoms with Gasteiger partial charge in [-0.25, -0.2) is 8.42 Å². The predicted octanol–water partition coefficient (Wildman–Crippen LogP) is 0.418. The quantitative estimate of drug-likeness (QED) is 0.692. The van der Waals surface area contributed by atoms with Crippen LogP contribution < -0.4 is 0 Å². The molecule has 0 aromatic heterocycles. The smallest absolute Gasteiger partial charge is 0.211 e. The number of nitriles is 1. The lowest BCUT2D eigenvalue weighted by molar-refractivity contribution is 0.407. The Kier molecular flexibility index (Phi) is 2.50. The molecule has 14 heavy (non-hydrogen) atoms. The van der Waals surface area contributed by atoms with Crippen LogP contribution in [0.4, 0.5) is 0 Å². The van der Waals surface area contributed by atoms with Crippen LogP contribution in [0.3, 0.4) is 0 Å². The standard InChI is InChI=1S/C8H12N2O2S2/c1-6(3-9)14(11,12)10-4-8-2-7(10)5-13-8/h6-8H,2,4-5H2,1H3. The van der Waals surface area contributed by atoms with Crippen LogP contribution in [0, 0.1) is 11.3 Å². The summed E-state index contributed by atoms with van der Waals surface area (Å²) in [6.07, 6.45) is 0.960. The van der Waals surface area contributed by atoms with Crippen molar-refractivity contribution in [1.29, 1.82) is 5.26 Å². The van der Waals surface area contributed by atoms with E-state index in [1.54, 1.807) is 6.07 Å². The zero-order chi connectivity index (χ0) is 10.3. The fourth-order valence-electron chi connectivity index (χ4n) is 1.95. The molecule has 2 heterocycles. The minimum absolute atomic E-state index is 0.144. The van der Waals surface area contributed by atoms with Crippen LogP contribution in [0.5, 0.6) is 0 Å². The van der Waals surface area contributed by atoms with Crippen LogP contribution in [0.2, 0.25) is 0 Å².